The maximum atomic E-state index is 15.0. The smallest absolute Gasteiger partial charge is 0.353 e. The number of rotatable bonds is 4. The van der Waals surface area contributed by atoms with E-state index in [4.69, 9.17) is 0 Å². The van der Waals surface area contributed by atoms with Crippen molar-refractivity contribution in [2.24, 2.45) is 11.8 Å². The summed E-state index contributed by atoms with van der Waals surface area (Å²) in [4.78, 5) is 27.0. The SMILES string of the molecule is CC1C(=O)NCCN1C(=O)[C@@H]1CC[C@@]2(S(=O)(=O)c3ccc(F)cc3)c3ccc(C(F)(C(F)(F)F)C(F)(F)F)cc3CC[C@@H]12. The summed E-state index contributed by atoms with van der Waals surface area (Å²) in [5.41, 5.74) is -7.82. The van der Waals surface area contributed by atoms with E-state index in [1.807, 2.05) is 0 Å². The molecule has 1 N–H and O–H groups in total. The molecule has 3 aliphatic rings. The third-order valence-corrected chi connectivity index (χ3v) is 11.7. The van der Waals surface area contributed by atoms with Crippen LogP contribution in [0.5, 0.6) is 0 Å². The van der Waals surface area contributed by atoms with Gasteiger partial charge in [0.15, 0.2) is 9.84 Å². The second kappa shape index (κ2) is 10.2. The number of hydrogen-bond acceptors (Lipinski definition) is 4. The predicted molar refractivity (Wildman–Crippen MR) is 135 cm³/mol. The predicted octanol–water partition coefficient (Wildman–Crippen LogP) is 5.10. The van der Waals surface area contributed by atoms with Gasteiger partial charge in [0.05, 0.1) is 4.90 Å². The van der Waals surface area contributed by atoms with E-state index in [1.165, 1.54) is 11.8 Å². The number of aryl methyl sites for hydroxylation is 1. The molecular formula is C28H26F8N2O4S. The molecule has 0 radical (unpaired) electrons. The zero-order valence-corrected chi connectivity index (χ0v) is 23.3. The number of hydrogen-bond donors (Lipinski definition) is 1. The summed E-state index contributed by atoms with van der Waals surface area (Å²) in [6.07, 6.45) is -13.4. The molecule has 15 heteroatoms. The maximum Gasteiger partial charge on any atom is 0.435 e. The first kappa shape index (κ1) is 31.2. The summed E-state index contributed by atoms with van der Waals surface area (Å²) in [5, 5.41) is 2.62. The van der Waals surface area contributed by atoms with E-state index >= 15 is 0 Å². The van der Waals surface area contributed by atoms with Gasteiger partial charge in [-0.05, 0) is 73.9 Å². The van der Waals surface area contributed by atoms with E-state index in [-0.39, 0.29) is 60.9 Å². The number of nitrogens with zero attached hydrogens (tertiary/aromatic N) is 1. The molecular weight excluding hydrogens is 612 g/mol. The van der Waals surface area contributed by atoms with Crippen molar-refractivity contribution in [2.45, 2.75) is 66.3 Å². The van der Waals surface area contributed by atoms with Crippen LogP contribution < -0.4 is 5.32 Å². The highest BCUT2D eigenvalue weighted by atomic mass is 32.2. The topological polar surface area (TPSA) is 83.6 Å². The van der Waals surface area contributed by atoms with Crippen molar-refractivity contribution in [3.05, 3.63) is 65.0 Å². The van der Waals surface area contributed by atoms with Crippen LogP contribution in [-0.2, 0) is 36.3 Å². The van der Waals surface area contributed by atoms with Gasteiger partial charge in [0.25, 0.3) is 0 Å². The fraction of sp³-hybridized carbons (Fsp3) is 0.500. The number of carbonyl (C=O) groups is 2. The normalized spacial score (nSPS) is 26.5. The Morgan fingerprint density at radius 2 is 1.60 bits per heavy atom. The van der Waals surface area contributed by atoms with Gasteiger partial charge >= 0.3 is 18.0 Å². The Labute approximate surface area is 241 Å². The Balaban J connectivity index is 1.68. The van der Waals surface area contributed by atoms with Crippen LogP contribution in [0, 0.1) is 17.7 Å². The Bertz CT molecular complexity index is 1540. The lowest BCUT2D eigenvalue weighted by molar-refractivity contribution is -0.348. The van der Waals surface area contributed by atoms with E-state index in [0.717, 1.165) is 30.3 Å². The molecule has 1 aliphatic heterocycles. The Morgan fingerprint density at radius 1 is 0.977 bits per heavy atom. The molecule has 0 spiro atoms. The first-order valence-electron chi connectivity index (χ1n) is 13.4. The summed E-state index contributed by atoms with van der Waals surface area (Å²) >= 11 is 0. The van der Waals surface area contributed by atoms with Crippen molar-refractivity contribution >= 4 is 21.7 Å². The third-order valence-electron chi connectivity index (χ3n) is 9.08. The van der Waals surface area contributed by atoms with E-state index in [9.17, 15) is 53.1 Å². The van der Waals surface area contributed by atoms with Crippen molar-refractivity contribution < 1.29 is 53.1 Å². The fourth-order valence-corrected chi connectivity index (χ4v) is 9.44. The standard InChI is InChI=1S/C28H26F8N2O4S/c1-15-23(39)37-12-13-38(15)24(40)20-10-11-25(43(41,42)19-6-4-18(29)5-7-19)21-9-3-17(14-16(21)2-8-22(20)25)26(30,27(31,32)33)28(34,35)36/h3-7,9,14-15,20,22H,2,8,10-13H2,1H3,(H,37,39)/t15?,20-,22+,25-/m1/s1. The van der Waals surface area contributed by atoms with Crippen LogP contribution in [0.2, 0.25) is 0 Å². The van der Waals surface area contributed by atoms with E-state index in [2.05, 4.69) is 5.32 Å². The molecule has 43 heavy (non-hydrogen) atoms. The third kappa shape index (κ3) is 4.51. The van der Waals surface area contributed by atoms with Gasteiger partial charge in [-0.3, -0.25) is 9.59 Å². The summed E-state index contributed by atoms with van der Waals surface area (Å²) in [5.74, 6) is -3.61. The average molecular weight is 639 g/mol. The maximum absolute atomic E-state index is 15.0. The molecule has 0 bridgehead atoms. The van der Waals surface area contributed by atoms with Gasteiger partial charge in [-0.15, -0.1) is 0 Å². The molecule has 1 heterocycles. The average Bonchev–Trinajstić information content (AvgIpc) is 3.34. The highest BCUT2D eigenvalue weighted by molar-refractivity contribution is 7.92. The number of piperazine rings is 1. The second-order valence-electron chi connectivity index (χ2n) is 11.2. The lowest BCUT2D eigenvalue weighted by atomic mass is 9.72. The molecule has 5 rings (SSSR count). The Morgan fingerprint density at radius 3 is 2.21 bits per heavy atom. The lowest BCUT2D eigenvalue weighted by Gasteiger charge is -2.43. The van der Waals surface area contributed by atoms with Crippen LogP contribution in [-0.4, -0.2) is 56.6 Å². The summed E-state index contributed by atoms with van der Waals surface area (Å²) < 4.78 is 137. The van der Waals surface area contributed by atoms with Gasteiger partial charge < -0.3 is 10.2 Å². The minimum Gasteiger partial charge on any atom is -0.353 e. The molecule has 4 atom stereocenters. The lowest BCUT2D eigenvalue weighted by Crippen LogP contribution is -2.58. The van der Waals surface area contributed by atoms with Crippen molar-refractivity contribution in [1.29, 1.82) is 0 Å². The number of sulfone groups is 1. The zero-order valence-electron chi connectivity index (χ0n) is 22.5. The largest absolute Gasteiger partial charge is 0.435 e. The number of carbonyl (C=O) groups excluding carboxylic acids is 2. The molecule has 1 saturated carbocycles. The minimum absolute atomic E-state index is 0.0197. The zero-order chi connectivity index (χ0) is 31.8. The van der Waals surface area contributed by atoms with Gasteiger partial charge in [0, 0.05) is 24.6 Å². The number of alkyl halides is 7. The van der Waals surface area contributed by atoms with Crippen molar-refractivity contribution in [1.82, 2.24) is 10.2 Å². The minimum atomic E-state index is -6.36. The molecule has 234 valence electrons. The van der Waals surface area contributed by atoms with Crippen molar-refractivity contribution in [2.75, 3.05) is 13.1 Å². The van der Waals surface area contributed by atoms with Crippen LogP contribution in [0.4, 0.5) is 35.1 Å². The Hall–Kier alpha value is -3.23. The highest BCUT2D eigenvalue weighted by Gasteiger charge is 2.74. The molecule has 2 amide bonds. The number of benzene rings is 2. The van der Waals surface area contributed by atoms with Crippen LogP contribution >= 0.6 is 0 Å². The summed E-state index contributed by atoms with van der Waals surface area (Å²) in [7, 11) is -4.57. The van der Waals surface area contributed by atoms with E-state index in [0.29, 0.717) is 6.07 Å². The molecule has 1 unspecified atom stereocenters. The number of halogens is 8. The van der Waals surface area contributed by atoms with E-state index in [1.54, 1.807) is 0 Å². The molecule has 2 aromatic carbocycles. The Kier molecular flexibility index (Phi) is 7.37. The monoisotopic (exact) mass is 638 g/mol. The summed E-state index contributed by atoms with van der Waals surface area (Å²) in [6.45, 7) is 1.83. The fourth-order valence-electron chi connectivity index (χ4n) is 6.97. The quantitative estimate of drug-likeness (QED) is 0.373. The second-order valence-corrected chi connectivity index (χ2v) is 13.4. The van der Waals surface area contributed by atoms with Crippen LogP contribution in [0.3, 0.4) is 0 Å². The number of amides is 2. The van der Waals surface area contributed by atoms with Crippen LogP contribution in [0.15, 0.2) is 47.4 Å². The van der Waals surface area contributed by atoms with Gasteiger partial charge in [-0.1, -0.05) is 18.2 Å². The number of nitrogens with one attached hydrogen (secondary N) is 1. The number of fused-ring (bicyclic) bond motifs is 3. The molecule has 2 aromatic rings. The molecule has 1 saturated heterocycles. The molecule has 2 fully saturated rings. The highest BCUT2D eigenvalue weighted by Crippen LogP contribution is 2.61. The summed E-state index contributed by atoms with van der Waals surface area (Å²) in [6, 6.07) is 4.37. The van der Waals surface area contributed by atoms with Gasteiger partial charge in [-0.2, -0.15) is 26.3 Å². The first-order valence-corrected chi connectivity index (χ1v) is 14.9. The first-order chi connectivity index (χ1) is 19.9. The molecule has 6 nitrogen and oxygen atoms in total. The van der Waals surface area contributed by atoms with Crippen molar-refractivity contribution in [3.8, 4) is 0 Å². The van der Waals surface area contributed by atoms with Gasteiger partial charge in [0.1, 0.15) is 16.6 Å². The van der Waals surface area contributed by atoms with Crippen LogP contribution in [0.1, 0.15) is 42.9 Å². The molecule has 2 aliphatic carbocycles. The van der Waals surface area contributed by atoms with Gasteiger partial charge in [-0.25, -0.2) is 17.2 Å². The van der Waals surface area contributed by atoms with Crippen LogP contribution in [0.25, 0.3) is 0 Å². The molecule has 0 aromatic heterocycles. The van der Waals surface area contributed by atoms with Crippen molar-refractivity contribution in [3.63, 3.8) is 0 Å². The van der Waals surface area contributed by atoms with Gasteiger partial charge in [0.2, 0.25) is 11.8 Å². The van der Waals surface area contributed by atoms with E-state index < -0.39 is 73.7 Å².